The van der Waals surface area contributed by atoms with E-state index < -0.39 is 5.97 Å². The molecular formula is C26H29NO5S. The Labute approximate surface area is 198 Å². The highest BCUT2D eigenvalue weighted by Gasteiger charge is 2.23. The van der Waals surface area contributed by atoms with Crippen LogP contribution in [0, 0.1) is 0 Å². The first-order valence-electron chi connectivity index (χ1n) is 10.8. The van der Waals surface area contributed by atoms with Crippen LogP contribution in [0.1, 0.15) is 48.2 Å². The molecular weight excluding hydrogens is 438 g/mol. The van der Waals surface area contributed by atoms with E-state index >= 15 is 0 Å². The summed E-state index contributed by atoms with van der Waals surface area (Å²) in [6.07, 6.45) is 0.0890. The Hall–Kier alpha value is -3.32. The van der Waals surface area contributed by atoms with Gasteiger partial charge in [0.05, 0.1) is 27.2 Å². The van der Waals surface area contributed by atoms with Gasteiger partial charge in [-0.05, 0) is 30.0 Å². The third-order valence-corrected chi connectivity index (χ3v) is 6.15. The normalized spacial score (nSPS) is 10.7. The van der Waals surface area contributed by atoms with Gasteiger partial charge in [0.15, 0.2) is 0 Å². The van der Waals surface area contributed by atoms with E-state index in [1.807, 2.05) is 17.5 Å². The molecule has 2 aromatic carbocycles. The zero-order valence-electron chi connectivity index (χ0n) is 19.6. The summed E-state index contributed by atoms with van der Waals surface area (Å²) in [6.45, 7) is 6.27. The minimum Gasteiger partial charge on any atom is -0.497 e. The van der Waals surface area contributed by atoms with E-state index in [-0.39, 0.29) is 18.9 Å². The molecule has 1 aromatic heterocycles. The minimum absolute atomic E-state index is 0.0890. The van der Waals surface area contributed by atoms with Gasteiger partial charge in [-0.1, -0.05) is 44.2 Å². The Morgan fingerprint density at radius 1 is 1.03 bits per heavy atom. The van der Waals surface area contributed by atoms with Crippen molar-refractivity contribution in [3.63, 3.8) is 0 Å². The van der Waals surface area contributed by atoms with Crippen LogP contribution in [0.3, 0.4) is 0 Å². The quantitative estimate of drug-likeness (QED) is 0.396. The number of hydrogen-bond donors (Lipinski definition) is 1. The smallest absolute Gasteiger partial charge is 0.341 e. The standard InChI is InChI=1S/C26H29NO5S/c1-6-32-26(29)24-21(18-9-7-17(8-10-18)16(2)3)15-33-25(24)27-23(28)13-19-11-12-20(30-4)14-22(19)31-5/h7-12,14-16H,6,13H2,1-5H3,(H,27,28). The average molecular weight is 468 g/mol. The van der Waals surface area contributed by atoms with Gasteiger partial charge in [0.1, 0.15) is 22.1 Å². The predicted molar refractivity (Wildman–Crippen MR) is 132 cm³/mol. The zero-order chi connectivity index (χ0) is 24.0. The number of ether oxygens (including phenoxy) is 3. The number of carbonyl (C=O) groups is 2. The van der Waals surface area contributed by atoms with Gasteiger partial charge in [0.25, 0.3) is 0 Å². The fourth-order valence-electron chi connectivity index (χ4n) is 3.46. The molecule has 174 valence electrons. The molecule has 1 amide bonds. The molecule has 6 nitrogen and oxygen atoms in total. The number of anilines is 1. The number of amides is 1. The Kier molecular flexibility index (Phi) is 8.11. The molecule has 3 rings (SSSR count). The topological polar surface area (TPSA) is 73.9 Å². The van der Waals surface area contributed by atoms with Crippen molar-refractivity contribution in [1.82, 2.24) is 0 Å². The van der Waals surface area contributed by atoms with Crippen molar-refractivity contribution >= 4 is 28.2 Å². The van der Waals surface area contributed by atoms with Crippen LogP contribution < -0.4 is 14.8 Å². The third kappa shape index (κ3) is 5.73. The van der Waals surface area contributed by atoms with E-state index in [4.69, 9.17) is 14.2 Å². The number of carbonyl (C=O) groups excluding carboxylic acids is 2. The van der Waals surface area contributed by atoms with E-state index in [0.717, 1.165) is 16.7 Å². The predicted octanol–water partition coefficient (Wildman–Crippen LogP) is 5.91. The lowest BCUT2D eigenvalue weighted by Gasteiger charge is -2.12. The van der Waals surface area contributed by atoms with Gasteiger partial charge in [0, 0.05) is 22.6 Å². The highest BCUT2D eigenvalue weighted by atomic mass is 32.1. The molecule has 33 heavy (non-hydrogen) atoms. The van der Waals surface area contributed by atoms with Gasteiger partial charge in [-0.2, -0.15) is 0 Å². The molecule has 0 aliphatic heterocycles. The van der Waals surface area contributed by atoms with Crippen LogP contribution in [0.5, 0.6) is 11.5 Å². The van der Waals surface area contributed by atoms with Gasteiger partial charge in [0.2, 0.25) is 5.91 Å². The molecule has 1 N–H and O–H groups in total. The summed E-state index contributed by atoms with van der Waals surface area (Å²) in [7, 11) is 3.12. The number of thiophene rings is 1. The summed E-state index contributed by atoms with van der Waals surface area (Å²) < 4.78 is 15.9. The molecule has 0 aliphatic carbocycles. The minimum atomic E-state index is -0.459. The summed E-state index contributed by atoms with van der Waals surface area (Å²) in [5, 5.41) is 5.23. The van der Waals surface area contributed by atoms with E-state index in [9.17, 15) is 9.59 Å². The van der Waals surface area contributed by atoms with Crippen molar-refractivity contribution < 1.29 is 23.8 Å². The van der Waals surface area contributed by atoms with E-state index in [2.05, 4.69) is 31.3 Å². The van der Waals surface area contributed by atoms with Gasteiger partial charge >= 0.3 is 5.97 Å². The lowest BCUT2D eigenvalue weighted by atomic mass is 9.98. The number of rotatable bonds is 9. The van der Waals surface area contributed by atoms with Crippen molar-refractivity contribution in [3.05, 3.63) is 64.5 Å². The Bertz CT molecular complexity index is 1120. The molecule has 0 atom stereocenters. The van der Waals surface area contributed by atoms with E-state index in [1.165, 1.54) is 16.9 Å². The third-order valence-electron chi connectivity index (χ3n) is 5.26. The number of hydrogen-bond acceptors (Lipinski definition) is 6. The van der Waals surface area contributed by atoms with E-state index in [0.29, 0.717) is 28.0 Å². The molecule has 1 heterocycles. The van der Waals surface area contributed by atoms with Crippen LogP contribution in [-0.4, -0.2) is 32.7 Å². The van der Waals surface area contributed by atoms with Crippen molar-refractivity contribution in [3.8, 4) is 22.6 Å². The highest BCUT2D eigenvalue weighted by molar-refractivity contribution is 7.15. The molecule has 0 unspecified atom stereocenters. The Morgan fingerprint density at radius 2 is 1.76 bits per heavy atom. The zero-order valence-corrected chi connectivity index (χ0v) is 20.4. The lowest BCUT2D eigenvalue weighted by Crippen LogP contribution is -2.17. The summed E-state index contributed by atoms with van der Waals surface area (Å²) in [5.41, 5.74) is 3.94. The number of benzene rings is 2. The average Bonchev–Trinajstić information content (AvgIpc) is 3.22. The molecule has 0 bridgehead atoms. The monoisotopic (exact) mass is 467 g/mol. The number of methoxy groups -OCH3 is 2. The molecule has 0 aliphatic rings. The van der Waals surface area contributed by atoms with Crippen LogP contribution in [0.15, 0.2) is 47.8 Å². The number of esters is 1. The van der Waals surface area contributed by atoms with Crippen molar-refractivity contribution in [2.75, 3.05) is 26.1 Å². The van der Waals surface area contributed by atoms with Gasteiger partial charge in [-0.15, -0.1) is 11.3 Å². The molecule has 7 heteroatoms. The lowest BCUT2D eigenvalue weighted by molar-refractivity contribution is -0.115. The van der Waals surface area contributed by atoms with Crippen molar-refractivity contribution in [2.24, 2.45) is 0 Å². The maximum absolute atomic E-state index is 12.9. The van der Waals surface area contributed by atoms with Crippen LogP contribution in [0.25, 0.3) is 11.1 Å². The maximum Gasteiger partial charge on any atom is 0.341 e. The first kappa shape index (κ1) is 24.3. The maximum atomic E-state index is 12.9. The van der Waals surface area contributed by atoms with Crippen molar-refractivity contribution in [1.29, 1.82) is 0 Å². The number of nitrogens with one attached hydrogen (secondary N) is 1. The largest absolute Gasteiger partial charge is 0.497 e. The van der Waals surface area contributed by atoms with Gasteiger partial charge in [-0.3, -0.25) is 4.79 Å². The Morgan fingerprint density at radius 3 is 2.36 bits per heavy atom. The first-order valence-corrected chi connectivity index (χ1v) is 11.7. The summed E-state index contributed by atoms with van der Waals surface area (Å²) in [4.78, 5) is 25.7. The summed E-state index contributed by atoms with van der Waals surface area (Å²) in [5.74, 6) is 0.904. The molecule has 0 radical (unpaired) electrons. The fraction of sp³-hybridized carbons (Fsp3) is 0.308. The van der Waals surface area contributed by atoms with Crippen LogP contribution in [-0.2, 0) is 16.0 Å². The second-order valence-corrected chi connectivity index (χ2v) is 8.63. The summed E-state index contributed by atoms with van der Waals surface area (Å²) in [6, 6.07) is 13.4. The van der Waals surface area contributed by atoms with Crippen LogP contribution >= 0.6 is 11.3 Å². The molecule has 0 fully saturated rings. The van der Waals surface area contributed by atoms with Gasteiger partial charge < -0.3 is 19.5 Å². The molecule has 0 saturated carbocycles. The highest BCUT2D eigenvalue weighted by Crippen LogP contribution is 2.37. The molecule has 3 aromatic rings. The fourth-order valence-corrected chi connectivity index (χ4v) is 4.43. The van der Waals surface area contributed by atoms with Gasteiger partial charge in [-0.25, -0.2) is 4.79 Å². The van der Waals surface area contributed by atoms with Crippen LogP contribution in [0.2, 0.25) is 0 Å². The van der Waals surface area contributed by atoms with E-state index in [1.54, 1.807) is 39.3 Å². The SMILES string of the molecule is CCOC(=O)c1c(-c2ccc(C(C)C)cc2)csc1NC(=O)Cc1ccc(OC)cc1OC. The second kappa shape index (κ2) is 11.0. The molecule has 0 spiro atoms. The summed E-state index contributed by atoms with van der Waals surface area (Å²) >= 11 is 1.31. The molecule has 0 saturated heterocycles. The Balaban J connectivity index is 1.88. The van der Waals surface area contributed by atoms with Crippen molar-refractivity contribution in [2.45, 2.75) is 33.1 Å². The second-order valence-electron chi connectivity index (χ2n) is 7.75. The van der Waals surface area contributed by atoms with Crippen LogP contribution in [0.4, 0.5) is 5.00 Å². The first-order chi connectivity index (χ1) is 15.9.